The van der Waals surface area contributed by atoms with E-state index in [2.05, 4.69) is 142 Å². The van der Waals surface area contributed by atoms with Gasteiger partial charge in [0.05, 0.1) is 33.1 Å². The normalized spacial score (nSPS) is 11.2. The number of rotatable bonds is 33. The van der Waals surface area contributed by atoms with E-state index in [1.807, 2.05) is 0 Å². The zero-order valence-corrected chi connectivity index (χ0v) is 68.3. The Kier molecular flexibility index (Phi) is 30.3. The van der Waals surface area contributed by atoms with Crippen molar-refractivity contribution < 1.29 is 26.3 Å². The number of aryl methyl sites for hydroxylation is 3. The molecule has 13 rings (SSSR count). The third-order valence-electron chi connectivity index (χ3n) is 22.6. The molecule has 0 bridgehead atoms. The maximum atomic E-state index is 14.7. The number of fused-ring (bicyclic) bond motifs is 12. The molecule has 3 heterocycles. The van der Waals surface area contributed by atoms with Crippen LogP contribution < -0.4 is 0 Å². The van der Waals surface area contributed by atoms with Gasteiger partial charge in [-0.3, -0.25) is 0 Å². The summed E-state index contributed by atoms with van der Waals surface area (Å²) in [7, 11) is 0. The number of hydrogen-bond donors (Lipinski definition) is 0. The van der Waals surface area contributed by atoms with E-state index in [1.165, 1.54) is 188 Å². The largest absolute Gasteiger partial charge is 0.340 e. The quantitative estimate of drug-likeness (QED) is 0.0221. The molecule has 3 aromatic heterocycles. The highest BCUT2D eigenvalue weighted by atomic mass is 19.1. The van der Waals surface area contributed by atoms with Crippen molar-refractivity contribution in [3.05, 3.63) is 284 Å². The number of nitrogens with zero attached hydrogens (tertiary/aromatic N) is 3. The Morgan fingerprint density at radius 3 is 0.538 bits per heavy atom. The highest BCUT2D eigenvalue weighted by Crippen LogP contribution is 2.50. The SMILES string of the molecule is CCCCCCCCCCCCn1c2cc(C#Cc3ccc(F)cc3)c(C#Cc3ccc(F)cc3)cc2c2c1c1c3cc(C#Cc4ccc(F)cc4)c(C#Cc4ccc(F)cc4)cc3n(CCCCCCCCCCCC)c1c1c3cc(C#Cc4ccc(F)cc4)c(C#Cc4ccc(F)cc4)cc3n(CCCCCCCCCCCC)c21. The number of aromatic nitrogens is 3. The summed E-state index contributed by atoms with van der Waals surface area (Å²) in [6.45, 7) is 8.74. The minimum absolute atomic E-state index is 0.359. The van der Waals surface area contributed by atoms with Crippen LogP contribution in [0.5, 0.6) is 0 Å². The van der Waals surface area contributed by atoms with Gasteiger partial charge in [0.25, 0.3) is 0 Å². The van der Waals surface area contributed by atoms with Crippen molar-refractivity contribution in [2.75, 3.05) is 0 Å². The van der Waals surface area contributed by atoms with Gasteiger partial charge in [-0.2, -0.15) is 0 Å². The minimum atomic E-state index is -0.364. The lowest BCUT2D eigenvalue weighted by molar-refractivity contribution is 0.541. The first kappa shape index (κ1) is 83.5. The van der Waals surface area contributed by atoms with Crippen LogP contribution in [0.2, 0.25) is 0 Å². The first-order valence-corrected chi connectivity index (χ1v) is 43.2. The van der Waals surface area contributed by atoms with Gasteiger partial charge in [-0.05, 0) is 201 Å². The molecule has 117 heavy (non-hydrogen) atoms. The number of unbranched alkanes of at least 4 members (excludes halogenated alkanes) is 27. The molecule has 0 aliphatic rings. The van der Waals surface area contributed by atoms with Crippen LogP contribution in [0.15, 0.2) is 182 Å². The molecule has 0 saturated heterocycles. The molecule has 0 saturated carbocycles. The van der Waals surface area contributed by atoms with Gasteiger partial charge in [0.2, 0.25) is 0 Å². The molecule has 0 spiro atoms. The summed E-state index contributed by atoms with van der Waals surface area (Å²) in [6.07, 6.45) is 34.6. The number of halogens is 6. The lowest BCUT2D eigenvalue weighted by atomic mass is 9.97. The van der Waals surface area contributed by atoms with Gasteiger partial charge in [-0.1, -0.05) is 265 Å². The van der Waals surface area contributed by atoms with Gasteiger partial charge >= 0.3 is 0 Å². The Morgan fingerprint density at radius 2 is 0.359 bits per heavy atom. The average molecular weight is 1560 g/mol. The highest BCUT2D eigenvalue weighted by Gasteiger charge is 2.30. The molecule has 0 atom stereocenters. The third-order valence-corrected chi connectivity index (χ3v) is 22.6. The van der Waals surface area contributed by atoms with E-state index >= 15 is 0 Å². The molecule has 0 aliphatic carbocycles. The summed E-state index contributed by atoms with van der Waals surface area (Å²) in [5.41, 5.74) is 13.8. The predicted octanol–water partition coefficient (Wildman–Crippen LogP) is 29.0. The van der Waals surface area contributed by atoms with Crippen LogP contribution in [0.3, 0.4) is 0 Å². The van der Waals surface area contributed by atoms with Gasteiger partial charge in [0, 0.05) is 119 Å². The lowest BCUT2D eigenvalue weighted by Crippen LogP contribution is -2.02. The molecule has 594 valence electrons. The molecule has 0 amide bonds. The minimum Gasteiger partial charge on any atom is -0.340 e. The molecule has 0 N–H and O–H groups in total. The van der Waals surface area contributed by atoms with Gasteiger partial charge < -0.3 is 13.7 Å². The predicted molar refractivity (Wildman–Crippen MR) is 475 cm³/mol. The number of hydrogen-bond acceptors (Lipinski definition) is 0. The van der Waals surface area contributed by atoms with Crippen LogP contribution >= 0.6 is 0 Å². The van der Waals surface area contributed by atoms with Crippen LogP contribution in [0.4, 0.5) is 26.3 Å². The van der Waals surface area contributed by atoms with Crippen LogP contribution in [0, 0.1) is 106 Å². The van der Waals surface area contributed by atoms with E-state index < -0.39 is 0 Å². The fourth-order valence-electron chi connectivity index (χ4n) is 16.3. The summed E-state index contributed by atoms with van der Waals surface area (Å²) in [4.78, 5) is 0. The van der Waals surface area contributed by atoms with E-state index in [4.69, 9.17) is 0 Å². The fourth-order valence-corrected chi connectivity index (χ4v) is 16.3. The second-order valence-corrected chi connectivity index (χ2v) is 31.5. The van der Waals surface area contributed by atoms with E-state index in [0.717, 1.165) is 142 Å². The summed E-state index contributed by atoms with van der Waals surface area (Å²) in [5.74, 6) is 39.8. The molecule has 0 radical (unpaired) electrons. The Hall–Kier alpha value is -11.5. The van der Waals surface area contributed by atoms with Crippen molar-refractivity contribution >= 4 is 65.4 Å². The summed E-state index contributed by atoms with van der Waals surface area (Å²) in [6, 6.07) is 50.7. The van der Waals surface area contributed by atoms with Crippen molar-refractivity contribution in [1.82, 2.24) is 13.7 Å². The fraction of sp³-hybridized carbons (Fsp3) is 0.333. The van der Waals surface area contributed by atoms with Crippen molar-refractivity contribution in [1.29, 1.82) is 0 Å². The van der Waals surface area contributed by atoms with E-state index in [0.29, 0.717) is 86.4 Å². The highest BCUT2D eigenvalue weighted by molar-refractivity contribution is 6.40. The molecule has 0 aliphatic heterocycles. The van der Waals surface area contributed by atoms with Crippen molar-refractivity contribution in [2.45, 2.75) is 233 Å². The van der Waals surface area contributed by atoms with Crippen molar-refractivity contribution in [3.8, 4) is 71.0 Å². The first-order chi connectivity index (χ1) is 57.4. The maximum absolute atomic E-state index is 14.7. The molecule has 0 unspecified atom stereocenters. The van der Waals surface area contributed by atoms with E-state index in [9.17, 15) is 26.3 Å². The molecule has 13 aromatic rings. The van der Waals surface area contributed by atoms with Crippen LogP contribution in [0.25, 0.3) is 65.4 Å². The first-order valence-electron chi connectivity index (χ1n) is 43.2. The second-order valence-electron chi connectivity index (χ2n) is 31.5. The molecule has 0 fully saturated rings. The standard InChI is InChI=1S/C108H105F6N3/c1-4-7-10-13-16-19-22-25-28-31-70-115-100-76-88(55-37-82-46-64-94(112)65-47-82)85(52-34-79-40-58-91(109)59-41-79)73-97(100)103-106(115)104-98-74-86(53-35-80-42-60-92(110)61-43-80)89(56-38-83-48-66-95(113)67-49-83)77-101(98)116(71-32-29-26-23-20-17-14-11-8-5-2)108(104)105-99-75-87(54-36-81-44-62-93(111)63-45-81)90(57-39-84-50-68-96(114)69-51-84)78-102(99)117(107(103)105)72-33-30-27-24-21-18-15-12-9-6-3/h40-51,58-69,73-78H,4-33,70-72H2,1-3H3. The van der Waals surface area contributed by atoms with Crippen molar-refractivity contribution in [2.24, 2.45) is 0 Å². The maximum Gasteiger partial charge on any atom is 0.123 e. The topological polar surface area (TPSA) is 14.8 Å². The number of benzene rings is 10. The van der Waals surface area contributed by atoms with Gasteiger partial charge in [-0.25, -0.2) is 26.3 Å². The van der Waals surface area contributed by atoms with Crippen molar-refractivity contribution in [3.63, 3.8) is 0 Å². The Morgan fingerprint density at radius 1 is 0.197 bits per heavy atom. The monoisotopic (exact) mass is 1560 g/mol. The molecule has 9 heteroatoms. The van der Waals surface area contributed by atoms with E-state index in [-0.39, 0.29) is 34.9 Å². The van der Waals surface area contributed by atoms with E-state index in [1.54, 1.807) is 72.8 Å². The Bertz CT molecular complexity index is 5360. The molecular weight excluding hydrogens is 1450 g/mol. The molecule has 10 aromatic carbocycles. The molecule has 3 nitrogen and oxygen atoms in total. The third kappa shape index (κ3) is 22.2. The second kappa shape index (κ2) is 42.4. The Labute approximate surface area is 689 Å². The zero-order chi connectivity index (χ0) is 81.1. The summed E-state index contributed by atoms with van der Waals surface area (Å²) in [5, 5.41) is 5.98. The van der Waals surface area contributed by atoms with Crippen LogP contribution in [0.1, 0.15) is 280 Å². The Balaban J connectivity index is 1.18. The lowest BCUT2D eigenvalue weighted by Gasteiger charge is -2.13. The summed E-state index contributed by atoms with van der Waals surface area (Å²) >= 11 is 0. The summed E-state index contributed by atoms with van der Waals surface area (Å²) < 4.78 is 96.0. The van der Waals surface area contributed by atoms with Gasteiger partial charge in [-0.15, -0.1) is 0 Å². The zero-order valence-electron chi connectivity index (χ0n) is 68.3. The van der Waals surface area contributed by atoms with Crippen LogP contribution in [-0.2, 0) is 19.6 Å². The van der Waals surface area contributed by atoms with Gasteiger partial charge in [0.1, 0.15) is 34.9 Å². The van der Waals surface area contributed by atoms with Gasteiger partial charge in [0.15, 0.2) is 0 Å². The average Bonchev–Trinajstić information content (AvgIpc) is 1.51. The smallest absolute Gasteiger partial charge is 0.123 e. The van der Waals surface area contributed by atoms with Crippen LogP contribution in [-0.4, -0.2) is 13.7 Å². The molecular formula is C108H105F6N3.